The first-order chi connectivity index (χ1) is 16.8. The normalized spacial score (nSPS) is 13.6. The fourth-order valence-corrected chi connectivity index (χ4v) is 4.51. The average molecular weight is 470 g/mol. The second kappa shape index (κ2) is 11.0. The highest BCUT2D eigenvalue weighted by Crippen LogP contribution is 2.31. The van der Waals surface area contributed by atoms with E-state index in [0.29, 0.717) is 6.54 Å². The molecule has 0 heterocycles. The Morgan fingerprint density at radius 3 is 2.40 bits per heavy atom. The summed E-state index contributed by atoms with van der Waals surface area (Å²) >= 11 is 0. The fourth-order valence-electron chi connectivity index (χ4n) is 4.51. The highest BCUT2D eigenvalue weighted by atomic mass is 16.5. The Morgan fingerprint density at radius 2 is 1.60 bits per heavy atom. The second-order valence-electron chi connectivity index (χ2n) is 9.89. The van der Waals surface area contributed by atoms with Crippen molar-refractivity contribution in [3.8, 4) is 16.9 Å². The van der Waals surface area contributed by atoms with Crippen LogP contribution in [-0.2, 0) is 11.2 Å². The van der Waals surface area contributed by atoms with Gasteiger partial charge in [-0.05, 0) is 72.4 Å². The Kier molecular flexibility index (Phi) is 7.86. The van der Waals surface area contributed by atoms with Crippen LogP contribution in [0.4, 0.5) is 0 Å². The number of phenolic OH excluding ortho intramolecular Hbond substituents is 1. The zero-order chi connectivity index (χ0) is 24.8. The first-order valence-electron chi connectivity index (χ1n) is 12.2. The van der Waals surface area contributed by atoms with Gasteiger partial charge < -0.3 is 20.3 Å². The van der Waals surface area contributed by atoms with Crippen LogP contribution in [-0.4, -0.2) is 35.0 Å². The summed E-state index contributed by atoms with van der Waals surface area (Å²) < 4.78 is 6.06. The van der Waals surface area contributed by atoms with E-state index in [-0.39, 0.29) is 24.0 Å². The van der Waals surface area contributed by atoms with Gasteiger partial charge in [0.2, 0.25) is 0 Å². The molecule has 4 aromatic rings. The van der Waals surface area contributed by atoms with E-state index in [4.69, 9.17) is 4.74 Å². The summed E-state index contributed by atoms with van der Waals surface area (Å²) in [6, 6.07) is 30.2. The number of rotatable bonds is 10. The van der Waals surface area contributed by atoms with Crippen LogP contribution in [0.3, 0.4) is 0 Å². The lowest BCUT2D eigenvalue weighted by molar-refractivity contribution is -0.00397. The summed E-state index contributed by atoms with van der Waals surface area (Å²) in [5, 5.41) is 26.5. The number of nitrogens with one attached hydrogen (secondary N) is 1. The molecule has 35 heavy (non-hydrogen) atoms. The van der Waals surface area contributed by atoms with Crippen LogP contribution < -0.4 is 5.32 Å². The van der Waals surface area contributed by atoms with Crippen molar-refractivity contribution < 1.29 is 14.9 Å². The molecule has 0 fully saturated rings. The first-order valence-corrected chi connectivity index (χ1v) is 12.2. The number of aliphatic hydroxyl groups is 1. The summed E-state index contributed by atoms with van der Waals surface area (Å²) in [5.74, 6) is 0.235. The second-order valence-corrected chi connectivity index (χ2v) is 9.89. The van der Waals surface area contributed by atoms with Gasteiger partial charge in [-0.3, -0.25) is 0 Å². The van der Waals surface area contributed by atoms with Gasteiger partial charge in [0.05, 0.1) is 18.8 Å². The minimum Gasteiger partial charge on any atom is -0.508 e. The van der Waals surface area contributed by atoms with E-state index in [9.17, 15) is 10.2 Å². The van der Waals surface area contributed by atoms with Crippen molar-refractivity contribution in [2.24, 2.45) is 0 Å². The molecule has 3 N–H and O–H groups in total. The maximum atomic E-state index is 10.6. The smallest absolute Gasteiger partial charge is 0.116 e. The number of ether oxygens (including phenoxy) is 1. The third-order valence-electron chi connectivity index (χ3n) is 6.37. The van der Waals surface area contributed by atoms with Crippen molar-refractivity contribution in [3.63, 3.8) is 0 Å². The van der Waals surface area contributed by atoms with E-state index >= 15 is 0 Å². The molecule has 0 amide bonds. The van der Waals surface area contributed by atoms with E-state index in [1.54, 1.807) is 12.1 Å². The number of fused-ring (bicyclic) bond motifs is 1. The molecule has 0 aromatic heterocycles. The minimum atomic E-state index is -0.624. The highest BCUT2D eigenvalue weighted by Gasteiger charge is 2.20. The third-order valence-corrected chi connectivity index (χ3v) is 6.37. The SMILES string of the molecule is CC(OC[C@H](O)CNC(C)(C)Cc1ccc2ccccc2c1)c1ccccc1-c1cccc(O)c1. The monoisotopic (exact) mass is 469 g/mol. The quantitative estimate of drug-likeness (QED) is 0.256. The predicted octanol–water partition coefficient (Wildman–Crippen LogP) is 6.26. The molecule has 182 valence electrons. The maximum absolute atomic E-state index is 10.6. The van der Waals surface area contributed by atoms with Gasteiger partial charge in [-0.15, -0.1) is 0 Å². The maximum Gasteiger partial charge on any atom is 0.116 e. The highest BCUT2D eigenvalue weighted by molar-refractivity contribution is 5.83. The molecule has 1 unspecified atom stereocenters. The summed E-state index contributed by atoms with van der Waals surface area (Å²) in [6.07, 6.45) is 0.0362. The summed E-state index contributed by atoms with van der Waals surface area (Å²) in [6.45, 7) is 6.98. The van der Waals surface area contributed by atoms with Gasteiger partial charge in [-0.25, -0.2) is 0 Å². The number of phenols is 1. The standard InChI is InChI=1S/C31H35NO3/c1-22(29-13-6-7-14-30(29)26-11-8-12-27(33)18-26)35-21-28(34)20-32-31(2,3)19-23-15-16-24-9-4-5-10-25(24)17-23/h4-18,22,28,32-34H,19-21H2,1-3H3/t22?,28-/m1/s1. The van der Waals surface area contributed by atoms with E-state index in [2.05, 4.69) is 61.6 Å². The van der Waals surface area contributed by atoms with E-state index in [1.165, 1.54) is 16.3 Å². The Morgan fingerprint density at radius 1 is 0.857 bits per heavy atom. The molecule has 0 bridgehead atoms. The summed E-state index contributed by atoms with van der Waals surface area (Å²) in [4.78, 5) is 0. The number of benzene rings is 4. The molecule has 0 aliphatic rings. The van der Waals surface area contributed by atoms with Gasteiger partial charge >= 0.3 is 0 Å². The van der Waals surface area contributed by atoms with Gasteiger partial charge in [-0.2, -0.15) is 0 Å². The number of hydrogen-bond donors (Lipinski definition) is 3. The largest absolute Gasteiger partial charge is 0.508 e. The van der Waals surface area contributed by atoms with Gasteiger partial charge in [0.25, 0.3) is 0 Å². The van der Waals surface area contributed by atoms with Crippen LogP contribution in [0.15, 0.2) is 91.0 Å². The van der Waals surface area contributed by atoms with Crippen LogP contribution in [0.1, 0.15) is 38.0 Å². The Labute approximate surface area is 208 Å². The molecule has 0 spiro atoms. The minimum absolute atomic E-state index is 0.170. The lowest BCUT2D eigenvalue weighted by Gasteiger charge is -2.28. The van der Waals surface area contributed by atoms with Crippen LogP contribution in [0.5, 0.6) is 5.75 Å². The molecule has 0 saturated heterocycles. The van der Waals surface area contributed by atoms with Crippen molar-refractivity contribution in [3.05, 3.63) is 102 Å². The molecule has 0 aliphatic heterocycles. The molecule has 0 radical (unpaired) electrons. The molecule has 4 rings (SSSR count). The van der Waals surface area contributed by atoms with Gasteiger partial charge in [0.15, 0.2) is 0 Å². The molecule has 0 saturated carbocycles. The Balaban J connectivity index is 1.31. The number of β-amino-alcohol motifs (C(OH)–C–C–N with tert-alkyl or cyclic N) is 1. The summed E-state index contributed by atoms with van der Waals surface area (Å²) in [7, 11) is 0. The zero-order valence-electron chi connectivity index (χ0n) is 20.7. The van der Waals surface area contributed by atoms with Crippen LogP contribution in [0.25, 0.3) is 21.9 Å². The van der Waals surface area contributed by atoms with Gasteiger partial charge in [-0.1, -0.05) is 78.9 Å². The Hall–Kier alpha value is -3.18. The third kappa shape index (κ3) is 6.70. The molecule has 2 atom stereocenters. The molecular formula is C31H35NO3. The van der Waals surface area contributed by atoms with Crippen molar-refractivity contribution in [1.29, 1.82) is 0 Å². The lowest BCUT2D eigenvalue weighted by atomic mass is 9.93. The van der Waals surface area contributed by atoms with Gasteiger partial charge in [0.1, 0.15) is 5.75 Å². The summed E-state index contributed by atoms with van der Waals surface area (Å²) in [5.41, 5.74) is 4.07. The van der Waals surface area contributed by atoms with E-state index in [0.717, 1.165) is 23.1 Å². The number of aromatic hydroxyl groups is 1. The Bertz CT molecular complexity index is 1270. The lowest BCUT2D eigenvalue weighted by Crippen LogP contribution is -2.46. The van der Waals surface area contributed by atoms with Crippen molar-refractivity contribution in [2.75, 3.05) is 13.2 Å². The molecular weight excluding hydrogens is 434 g/mol. The molecule has 4 nitrogen and oxygen atoms in total. The van der Waals surface area contributed by atoms with Crippen molar-refractivity contribution in [1.82, 2.24) is 5.32 Å². The first kappa shape index (κ1) is 24.9. The molecule has 4 heteroatoms. The fraction of sp³-hybridized carbons (Fsp3) is 0.290. The average Bonchev–Trinajstić information content (AvgIpc) is 2.86. The van der Waals surface area contributed by atoms with E-state index < -0.39 is 6.10 Å². The topological polar surface area (TPSA) is 61.7 Å². The van der Waals surface area contributed by atoms with E-state index in [1.807, 2.05) is 43.3 Å². The van der Waals surface area contributed by atoms with Crippen molar-refractivity contribution >= 4 is 10.8 Å². The van der Waals surface area contributed by atoms with Crippen LogP contribution >= 0.6 is 0 Å². The zero-order valence-corrected chi connectivity index (χ0v) is 20.7. The molecule has 0 aliphatic carbocycles. The van der Waals surface area contributed by atoms with Crippen LogP contribution in [0, 0.1) is 0 Å². The number of hydrogen-bond acceptors (Lipinski definition) is 4. The van der Waals surface area contributed by atoms with Gasteiger partial charge in [0, 0.05) is 12.1 Å². The van der Waals surface area contributed by atoms with Crippen LogP contribution in [0.2, 0.25) is 0 Å². The number of aliphatic hydroxyl groups excluding tert-OH is 1. The van der Waals surface area contributed by atoms with Crippen molar-refractivity contribution in [2.45, 2.75) is 44.9 Å². The predicted molar refractivity (Wildman–Crippen MR) is 144 cm³/mol. The molecule has 4 aromatic carbocycles.